The normalized spacial score (nSPS) is 12.5. The Morgan fingerprint density at radius 1 is 0.338 bits per heavy atom. The fraction of sp³-hybridized carbons (Fsp3) is 0.278. The summed E-state index contributed by atoms with van der Waals surface area (Å²) in [5, 5.41) is 2.75. The van der Waals surface area contributed by atoms with Gasteiger partial charge in [0.2, 0.25) is 0 Å². The largest absolute Gasteiger partial charge is 0.453 e. The number of benzene rings is 9. The molecule has 0 saturated carbocycles. The molecule has 1 aliphatic heterocycles. The summed E-state index contributed by atoms with van der Waals surface area (Å²) in [4.78, 5) is 2.42. The van der Waals surface area contributed by atoms with Gasteiger partial charge in [-0.25, -0.2) is 0 Å². The van der Waals surface area contributed by atoms with Crippen molar-refractivity contribution in [1.82, 2.24) is 0 Å². The van der Waals surface area contributed by atoms with Gasteiger partial charge in [-0.2, -0.15) is 0 Å². The lowest BCUT2D eigenvalue weighted by Gasteiger charge is -2.34. The molecule has 10 rings (SSSR count). The van der Waals surface area contributed by atoms with E-state index >= 15 is 0 Å². The number of rotatable bonds is 12. The van der Waals surface area contributed by atoms with Crippen molar-refractivity contribution in [1.29, 1.82) is 0 Å². The lowest BCUT2D eigenvalue weighted by molar-refractivity contribution is 0.477. The Hall–Kier alpha value is -7.16. The van der Waals surface area contributed by atoms with Crippen LogP contribution in [0.15, 0.2) is 164 Å². The highest BCUT2D eigenvalue weighted by Gasteiger charge is 2.28. The van der Waals surface area contributed by atoms with Crippen LogP contribution < -0.4 is 9.64 Å². The highest BCUT2D eigenvalue weighted by molar-refractivity contribution is 5.95. The van der Waals surface area contributed by atoms with E-state index in [2.05, 4.69) is 252 Å². The van der Waals surface area contributed by atoms with Crippen molar-refractivity contribution in [3.8, 4) is 44.9 Å². The van der Waals surface area contributed by atoms with Gasteiger partial charge in [-0.1, -0.05) is 185 Å². The number of aryl methyl sites for hydroxylation is 10. The Morgan fingerprint density at radius 3 is 1.28 bits per heavy atom. The lowest BCUT2D eigenvalue weighted by Crippen LogP contribution is -2.16. The summed E-state index contributed by atoms with van der Waals surface area (Å²) >= 11 is 0. The van der Waals surface area contributed by atoms with Crippen LogP contribution in [0.1, 0.15) is 121 Å². The number of anilines is 3. The van der Waals surface area contributed by atoms with Crippen LogP contribution in [0.3, 0.4) is 0 Å². The predicted octanol–water partition coefficient (Wildman–Crippen LogP) is 20.2. The summed E-state index contributed by atoms with van der Waals surface area (Å²) in [6.07, 6.45) is 6.33. The average molecular weight is 970 g/mol. The van der Waals surface area contributed by atoms with E-state index in [-0.39, 0.29) is 10.8 Å². The maximum Gasteiger partial charge on any atom is 0.152 e. The monoisotopic (exact) mass is 970 g/mol. The molecule has 374 valence electrons. The summed E-state index contributed by atoms with van der Waals surface area (Å²) in [6.45, 7) is 27.0. The minimum absolute atomic E-state index is 0.0658. The van der Waals surface area contributed by atoms with Crippen LogP contribution in [0.2, 0.25) is 0 Å². The first kappa shape index (κ1) is 50.4. The van der Waals surface area contributed by atoms with E-state index in [0.29, 0.717) is 0 Å². The molecule has 0 N–H and O–H groups in total. The van der Waals surface area contributed by atoms with Crippen LogP contribution in [0, 0.1) is 41.5 Å². The van der Waals surface area contributed by atoms with Crippen molar-refractivity contribution in [2.45, 2.75) is 132 Å². The van der Waals surface area contributed by atoms with Crippen molar-refractivity contribution < 1.29 is 4.74 Å². The Labute approximate surface area is 443 Å². The topological polar surface area (TPSA) is 12.5 Å². The minimum atomic E-state index is 0.0658. The first-order chi connectivity index (χ1) is 35.3. The molecule has 9 aromatic carbocycles. The van der Waals surface area contributed by atoms with E-state index in [9.17, 15) is 0 Å². The van der Waals surface area contributed by atoms with Crippen LogP contribution >= 0.6 is 0 Å². The Balaban J connectivity index is 1.08. The van der Waals surface area contributed by atoms with Crippen LogP contribution in [-0.2, 0) is 36.5 Å². The van der Waals surface area contributed by atoms with Gasteiger partial charge in [0.05, 0.1) is 11.4 Å². The van der Waals surface area contributed by atoms with Crippen LogP contribution in [0.5, 0.6) is 11.5 Å². The van der Waals surface area contributed by atoms with Gasteiger partial charge in [0.15, 0.2) is 11.5 Å². The van der Waals surface area contributed by atoms with E-state index < -0.39 is 0 Å². The summed E-state index contributed by atoms with van der Waals surface area (Å²) in [5.74, 6) is 1.71. The van der Waals surface area contributed by atoms with Gasteiger partial charge in [-0.05, 0) is 223 Å². The molecule has 0 radical (unpaired) electrons. The molecule has 0 unspecified atom stereocenters. The zero-order valence-corrected chi connectivity index (χ0v) is 46.2. The quantitative estimate of drug-likeness (QED) is 0.121. The molecule has 0 aromatic heterocycles. The number of fused-ring (bicyclic) bond motifs is 3. The Kier molecular flexibility index (Phi) is 13.8. The molecule has 2 nitrogen and oxygen atoms in total. The second kappa shape index (κ2) is 20.3. The average Bonchev–Trinajstić information content (AvgIpc) is 3.35. The third-order valence-electron chi connectivity index (χ3n) is 15.2. The van der Waals surface area contributed by atoms with E-state index in [1.807, 2.05) is 0 Å². The lowest BCUT2D eigenvalue weighted by atomic mass is 9.85. The third kappa shape index (κ3) is 11.0. The van der Waals surface area contributed by atoms with Crippen molar-refractivity contribution in [3.05, 3.63) is 231 Å². The predicted molar refractivity (Wildman–Crippen MR) is 318 cm³/mol. The molecule has 0 fully saturated rings. The Morgan fingerprint density at radius 2 is 0.770 bits per heavy atom. The van der Waals surface area contributed by atoms with Crippen molar-refractivity contribution >= 4 is 27.8 Å². The number of ether oxygens (including phenoxy) is 1. The van der Waals surface area contributed by atoms with Gasteiger partial charge in [-0.3, -0.25) is 0 Å². The number of hydrogen-bond acceptors (Lipinski definition) is 2. The highest BCUT2D eigenvalue weighted by atomic mass is 16.5. The first-order valence-corrected chi connectivity index (χ1v) is 27.1. The maximum atomic E-state index is 7.05. The molecule has 1 heterocycles. The molecule has 2 heteroatoms. The molecule has 0 saturated heterocycles. The summed E-state index contributed by atoms with van der Waals surface area (Å²) < 4.78 is 7.05. The standard InChI is InChI=1S/C72H75NO/c1-46-19-29-67-69(39-46)74-70-45-56(24-30-68(70)73(67)64-42-59(54-20-25-62(26-21-54)71(7,8)9)41-60(43-64)55-22-27-63(28-23-55)72(10,11)12)61-40-58(18-14-16-53-35-49(4)32-50(5)36-53)65-38-51(6)37-57(66(65)44-61)17-13-15-52-33-47(2)31-48(3)34-52/h19-45H,13-18H2,1-12H3. The van der Waals surface area contributed by atoms with Gasteiger partial charge in [0.25, 0.3) is 0 Å². The molecule has 9 aromatic rings. The number of nitrogens with zero attached hydrogens (tertiary/aromatic N) is 1. The molecule has 74 heavy (non-hydrogen) atoms. The van der Waals surface area contributed by atoms with Gasteiger partial charge in [0, 0.05) is 5.69 Å². The molecule has 1 aliphatic rings. The van der Waals surface area contributed by atoms with E-state index in [1.54, 1.807) is 0 Å². The molecule has 0 spiro atoms. The highest BCUT2D eigenvalue weighted by Crippen LogP contribution is 2.53. The smallest absolute Gasteiger partial charge is 0.152 e. The van der Waals surface area contributed by atoms with Gasteiger partial charge < -0.3 is 9.64 Å². The van der Waals surface area contributed by atoms with Crippen molar-refractivity contribution in [2.75, 3.05) is 4.90 Å². The first-order valence-electron chi connectivity index (χ1n) is 27.1. The number of hydrogen-bond donors (Lipinski definition) is 0. The molecular formula is C72H75NO. The van der Waals surface area contributed by atoms with Crippen molar-refractivity contribution in [3.63, 3.8) is 0 Å². The zero-order chi connectivity index (χ0) is 52.1. The SMILES string of the molecule is Cc1cc(C)cc(CCCc2cc(-c3ccc4c(c3)Oc3cc(C)ccc3N4c3cc(-c4ccc(C(C)(C)C)cc4)cc(-c4ccc(C(C)(C)C)cc4)c3)cc3c(CCCc4cc(C)cc(C)c4)cc(C)cc23)c1. The second-order valence-corrected chi connectivity index (χ2v) is 23.9. The van der Waals surface area contributed by atoms with Gasteiger partial charge >= 0.3 is 0 Å². The molecular weight excluding hydrogens is 895 g/mol. The molecule has 0 amide bonds. The van der Waals surface area contributed by atoms with Crippen molar-refractivity contribution in [2.24, 2.45) is 0 Å². The maximum absolute atomic E-state index is 7.05. The fourth-order valence-corrected chi connectivity index (χ4v) is 11.5. The zero-order valence-electron chi connectivity index (χ0n) is 46.2. The summed E-state index contributed by atoms with van der Waals surface area (Å²) in [7, 11) is 0. The molecule has 0 bridgehead atoms. The van der Waals surface area contributed by atoms with Crippen LogP contribution in [-0.4, -0.2) is 0 Å². The fourth-order valence-electron chi connectivity index (χ4n) is 11.5. The van der Waals surface area contributed by atoms with Gasteiger partial charge in [0.1, 0.15) is 0 Å². The van der Waals surface area contributed by atoms with E-state index in [4.69, 9.17) is 4.74 Å². The second-order valence-electron chi connectivity index (χ2n) is 23.9. The van der Waals surface area contributed by atoms with Crippen LogP contribution in [0.25, 0.3) is 44.2 Å². The van der Waals surface area contributed by atoms with E-state index in [1.165, 1.54) is 99.8 Å². The summed E-state index contributed by atoms with van der Waals surface area (Å²) in [6, 6.07) is 62.8. The van der Waals surface area contributed by atoms with Gasteiger partial charge in [-0.15, -0.1) is 0 Å². The van der Waals surface area contributed by atoms with E-state index in [0.717, 1.165) is 78.2 Å². The summed E-state index contributed by atoms with van der Waals surface area (Å²) in [5.41, 5.74) is 26.6. The third-order valence-corrected chi connectivity index (χ3v) is 15.2. The molecule has 0 aliphatic carbocycles. The van der Waals surface area contributed by atoms with Crippen LogP contribution in [0.4, 0.5) is 17.1 Å². The minimum Gasteiger partial charge on any atom is -0.453 e. The molecule has 0 atom stereocenters. The Bertz CT molecular complexity index is 3420.